The second-order valence-electron chi connectivity index (χ2n) is 6.17. The number of nitrogens with one attached hydrogen (secondary N) is 1. The van der Waals surface area contributed by atoms with Crippen LogP contribution in [0, 0.1) is 5.92 Å². The Bertz CT molecular complexity index is 460. The van der Waals surface area contributed by atoms with Crippen LogP contribution in [0.25, 0.3) is 0 Å². The molecular formula is C16H25N3O. The summed E-state index contributed by atoms with van der Waals surface area (Å²) in [7, 11) is 0. The van der Waals surface area contributed by atoms with E-state index < -0.39 is 0 Å². The lowest BCUT2D eigenvalue weighted by molar-refractivity contribution is -0.125. The molecule has 1 aromatic rings. The minimum Gasteiger partial charge on any atom is -0.354 e. The summed E-state index contributed by atoms with van der Waals surface area (Å²) in [5.74, 6) is 0.515. The standard InChI is InChI=1S/C16H25N3O/c20-16(13-6-2-1-3-7-13)17-10-11-19-15-9-5-4-8-14(15)12-18-19/h12-13H,1-11H2,(H,17,20). The molecule has 0 aromatic carbocycles. The van der Waals surface area contributed by atoms with Crippen molar-refractivity contribution in [1.29, 1.82) is 0 Å². The van der Waals surface area contributed by atoms with Crippen LogP contribution in [-0.2, 0) is 24.2 Å². The Morgan fingerprint density at radius 1 is 1.20 bits per heavy atom. The van der Waals surface area contributed by atoms with Crippen molar-refractivity contribution >= 4 is 5.91 Å². The maximum Gasteiger partial charge on any atom is 0.223 e. The largest absolute Gasteiger partial charge is 0.354 e. The van der Waals surface area contributed by atoms with Gasteiger partial charge in [0, 0.05) is 18.2 Å². The molecule has 0 saturated heterocycles. The van der Waals surface area contributed by atoms with Crippen molar-refractivity contribution in [3.63, 3.8) is 0 Å². The predicted molar refractivity (Wildman–Crippen MR) is 78.5 cm³/mol. The number of aryl methyl sites for hydroxylation is 1. The maximum atomic E-state index is 12.1. The summed E-state index contributed by atoms with van der Waals surface area (Å²) >= 11 is 0. The second kappa shape index (κ2) is 6.42. The third-order valence-corrected chi connectivity index (χ3v) is 4.74. The Balaban J connectivity index is 1.47. The van der Waals surface area contributed by atoms with Gasteiger partial charge in [-0.3, -0.25) is 9.48 Å². The molecule has 1 heterocycles. The second-order valence-corrected chi connectivity index (χ2v) is 6.17. The molecule has 4 nitrogen and oxygen atoms in total. The van der Waals surface area contributed by atoms with Crippen LogP contribution < -0.4 is 5.32 Å². The van der Waals surface area contributed by atoms with E-state index in [0.717, 1.165) is 25.8 Å². The molecule has 1 fully saturated rings. The zero-order valence-corrected chi connectivity index (χ0v) is 12.2. The fourth-order valence-corrected chi connectivity index (χ4v) is 3.54. The molecule has 1 aromatic heterocycles. The molecule has 2 aliphatic rings. The van der Waals surface area contributed by atoms with Crippen molar-refractivity contribution in [2.75, 3.05) is 6.54 Å². The molecule has 4 heteroatoms. The van der Waals surface area contributed by atoms with E-state index in [1.165, 1.54) is 49.8 Å². The first-order chi connectivity index (χ1) is 9.84. The van der Waals surface area contributed by atoms with E-state index in [1.807, 2.05) is 6.20 Å². The van der Waals surface area contributed by atoms with Gasteiger partial charge in [0.15, 0.2) is 0 Å². The Morgan fingerprint density at radius 2 is 2.00 bits per heavy atom. The molecule has 1 N–H and O–H groups in total. The van der Waals surface area contributed by atoms with E-state index in [9.17, 15) is 4.79 Å². The Kier molecular flexibility index (Phi) is 4.38. The van der Waals surface area contributed by atoms with Gasteiger partial charge in [0.05, 0.1) is 12.7 Å². The summed E-state index contributed by atoms with van der Waals surface area (Å²) < 4.78 is 2.09. The third kappa shape index (κ3) is 3.05. The van der Waals surface area contributed by atoms with Crippen LogP contribution in [0.3, 0.4) is 0 Å². The molecule has 110 valence electrons. The maximum absolute atomic E-state index is 12.1. The van der Waals surface area contributed by atoms with E-state index in [4.69, 9.17) is 0 Å². The lowest BCUT2D eigenvalue weighted by atomic mass is 9.89. The molecule has 1 saturated carbocycles. The van der Waals surface area contributed by atoms with Crippen molar-refractivity contribution < 1.29 is 4.79 Å². The van der Waals surface area contributed by atoms with Crippen LogP contribution in [0.2, 0.25) is 0 Å². The fraction of sp³-hybridized carbons (Fsp3) is 0.750. The lowest BCUT2D eigenvalue weighted by Crippen LogP contribution is -2.34. The van der Waals surface area contributed by atoms with Crippen LogP contribution >= 0.6 is 0 Å². The van der Waals surface area contributed by atoms with Gasteiger partial charge in [-0.2, -0.15) is 5.10 Å². The molecule has 2 aliphatic carbocycles. The van der Waals surface area contributed by atoms with Crippen molar-refractivity contribution in [3.05, 3.63) is 17.5 Å². The highest BCUT2D eigenvalue weighted by Gasteiger charge is 2.20. The Hall–Kier alpha value is -1.32. The highest BCUT2D eigenvalue weighted by Crippen LogP contribution is 2.23. The smallest absolute Gasteiger partial charge is 0.223 e. The number of carbonyl (C=O) groups is 1. The SMILES string of the molecule is O=C(NCCn1ncc2c1CCCC2)C1CCCCC1. The number of amides is 1. The molecular weight excluding hydrogens is 250 g/mol. The number of hydrogen-bond acceptors (Lipinski definition) is 2. The van der Waals surface area contributed by atoms with E-state index >= 15 is 0 Å². The van der Waals surface area contributed by atoms with Gasteiger partial charge in [0.2, 0.25) is 5.91 Å². The molecule has 0 atom stereocenters. The van der Waals surface area contributed by atoms with Gasteiger partial charge in [-0.1, -0.05) is 19.3 Å². The Morgan fingerprint density at radius 3 is 2.85 bits per heavy atom. The van der Waals surface area contributed by atoms with Crippen LogP contribution in [0.4, 0.5) is 0 Å². The number of nitrogens with zero attached hydrogens (tertiary/aromatic N) is 2. The quantitative estimate of drug-likeness (QED) is 0.917. The van der Waals surface area contributed by atoms with Crippen molar-refractivity contribution in [2.45, 2.75) is 64.3 Å². The van der Waals surface area contributed by atoms with Gasteiger partial charge >= 0.3 is 0 Å². The van der Waals surface area contributed by atoms with Gasteiger partial charge in [-0.25, -0.2) is 0 Å². The topological polar surface area (TPSA) is 46.9 Å². The van der Waals surface area contributed by atoms with Crippen molar-refractivity contribution in [1.82, 2.24) is 15.1 Å². The average molecular weight is 275 g/mol. The predicted octanol–water partition coefficient (Wildman–Crippen LogP) is 2.46. The molecule has 0 radical (unpaired) electrons. The first-order valence-corrected chi connectivity index (χ1v) is 8.16. The monoisotopic (exact) mass is 275 g/mol. The van der Waals surface area contributed by atoms with E-state index in [0.29, 0.717) is 6.54 Å². The van der Waals surface area contributed by atoms with Crippen LogP contribution in [0.15, 0.2) is 6.20 Å². The van der Waals surface area contributed by atoms with Gasteiger partial charge in [-0.15, -0.1) is 0 Å². The van der Waals surface area contributed by atoms with Gasteiger partial charge in [0.1, 0.15) is 0 Å². The molecule has 0 unspecified atom stereocenters. The number of rotatable bonds is 4. The van der Waals surface area contributed by atoms with E-state index in [-0.39, 0.29) is 11.8 Å². The van der Waals surface area contributed by atoms with Crippen LogP contribution in [-0.4, -0.2) is 22.2 Å². The Labute approximate surface area is 120 Å². The molecule has 1 amide bonds. The first kappa shape index (κ1) is 13.7. The molecule has 0 spiro atoms. The first-order valence-electron chi connectivity index (χ1n) is 8.16. The number of aromatic nitrogens is 2. The van der Waals surface area contributed by atoms with Crippen LogP contribution in [0.1, 0.15) is 56.2 Å². The summed E-state index contributed by atoms with van der Waals surface area (Å²) in [6.45, 7) is 1.53. The summed E-state index contributed by atoms with van der Waals surface area (Å²) in [6.07, 6.45) is 12.8. The zero-order valence-electron chi connectivity index (χ0n) is 12.2. The van der Waals surface area contributed by atoms with Crippen LogP contribution in [0.5, 0.6) is 0 Å². The molecule has 0 bridgehead atoms. The van der Waals surface area contributed by atoms with E-state index in [1.54, 1.807) is 0 Å². The number of hydrogen-bond donors (Lipinski definition) is 1. The normalized spacial score (nSPS) is 19.6. The minimum atomic E-state index is 0.255. The highest BCUT2D eigenvalue weighted by atomic mass is 16.1. The number of carbonyl (C=O) groups excluding carboxylic acids is 1. The summed E-state index contributed by atoms with van der Waals surface area (Å²) in [5.41, 5.74) is 2.80. The summed E-state index contributed by atoms with van der Waals surface area (Å²) in [5, 5.41) is 7.57. The fourth-order valence-electron chi connectivity index (χ4n) is 3.54. The van der Waals surface area contributed by atoms with E-state index in [2.05, 4.69) is 15.1 Å². The highest BCUT2D eigenvalue weighted by molar-refractivity contribution is 5.78. The van der Waals surface area contributed by atoms with Gasteiger partial charge in [-0.05, 0) is 44.1 Å². The molecule has 3 rings (SSSR count). The molecule has 0 aliphatic heterocycles. The lowest BCUT2D eigenvalue weighted by Gasteiger charge is -2.21. The summed E-state index contributed by atoms with van der Waals surface area (Å²) in [4.78, 5) is 12.1. The van der Waals surface area contributed by atoms with Gasteiger partial charge in [0.25, 0.3) is 0 Å². The van der Waals surface area contributed by atoms with Crippen molar-refractivity contribution in [2.24, 2.45) is 5.92 Å². The zero-order chi connectivity index (χ0) is 13.8. The summed E-state index contributed by atoms with van der Waals surface area (Å²) in [6, 6.07) is 0. The number of fused-ring (bicyclic) bond motifs is 1. The van der Waals surface area contributed by atoms with Crippen molar-refractivity contribution in [3.8, 4) is 0 Å². The average Bonchev–Trinajstić information content (AvgIpc) is 2.92. The third-order valence-electron chi connectivity index (χ3n) is 4.74. The molecule has 20 heavy (non-hydrogen) atoms. The minimum absolute atomic E-state index is 0.255. The van der Waals surface area contributed by atoms with Gasteiger partial charge < -0.3 is 5.32 Å².